The first-order valence-corrected chi connectivity index (χ1v) is 9.93. The van der Waals surface area contributed by atoms with Gasteiger partial charge >= 0.3 is 0 Å². The van der Waals surface area contributed by atoms with Crippen LogP contribution in [-0.4, -0.2) is 9.97 Å². The highest BCUT2D eigenvalue weighted by Crippen LogP contribution is 2.21. The van der Waals surface area contributed by atoms with Crippen molar-refractivity contribution in [2.24, 2.45) is 0 Å². The van der Waals surface area contributed by atoms with Crippen LogP contribution in [0.5, 0.6) is 0 Å². The van der Waals surface area contributed by atoms with E-state index in [1.807, 2.05) is 18.5 Å². The summed E-state index contributed by atoms with van der Waals surface area (Å²) in [7, 11) is 0. The lowest BCUT2D eigenvalue weighted by Crippen LogP contribution is -1.88. The quantitative estimate of drug-likeness (QED) is 0.373. The van der Waals surface area contributed by atoms with Crippen molar-refractivity contribution in [2.45, 2.75) is 34.6 Å². The van der Waals surface area contributed by atoms with Crippen LogP contribution in [-0.2, 0) is 0 Å². The fraction of sp³-hybridized carbons (Fsp3) is 0.185. The molecule has 0 saturated heterocycles. The van der Waals surface area contributed by atoms with Crippen LogP contribution in [0.15, 0.2) is 79.1 Å². The molecule has 2 heterocycles. The molecule has 0 aliphatic rings. The van der Waals surface area contributed by atoms with Gasteiger partial charge in [-0.2, -0.15) is 0 Å². The maximum absolute atomic E-state index is 4.45. The van der Waals surface area contributed by atoms with Crippen molar-refractivity contribution < 1.29 is 0 Å². The van der Waals surface area contributed by atoms with Crippen LogP contribution in [0, 0.1) is 34.6 Å². The lowest BCUT2D eigenvalue weighted by Gasteiger charge is -2.05. The van der Waals surface area contributed by atoms with E-state index < -0.39 is 0 Å². The van der Waals surface area contributed by atoms with Gasteiger partial charge in [-0.3, -0.25) is 9.97 Å². The highest BCUT2D eigenvalue weighted by molar-refractivity contribution is 5.63. The largest absolute Gasteiger partial charge is 0.256 e. The maximum atomic E-state index is 4.45. The summed E-state index contributed by atoms with van der Waals surface area (Å²) in [6, 6.07) is 23.1. The summed E-state index contributed by atoms with van der Waals surface area (Å²) in [6.45, 7) is 10.5. The lowest BCUT2D eigenvalue weighted by atomic mass is 10.1. The normalized spacial score (nSPS) is 10.2. The first-order chi connectivity index (χ1) is 13.9. The van der Waals surface area contributed by atoms with Gasteiger partial charge in [0, 0.05) is 23.5 Å². The molecule has 4 rings (SSSR count). The highest BCUT2D eigenvalue weighted by atomic mass is 14.7. The smallest absolute Gasteiger partial charge is 0.0731 e. The van der Waals surface area contributed by atoms with E-state index in [4.69, 9.17) is 0 Å². The van der Waals surface area contributed by atoms with Crippen LogP contribution < -0.4 is 0 Å². The van der Waals surface area contributed by atoms with E-state index in [9.17, 15) is 0 Å². The van der Waals surface area contributed by atoms with Crippen LogP contribution in [0.4, 0.5) is 0 Å². The van der Waals surface area contributed by atoms with Crippen LogP contribution in [0.2, 0.25) is 0 Å². The Kier molecular flexibility index (Phi) is 6.56. The average Bonchev–Trinajstić information content (AvgIpc) is 2.71. The summed E-state index contributed by atoms with van der Waals surface area (Å²) >= 11 is 0. The van der Waals surface area contributed by atoms with E-state index >= 15 is 0 Å². The number of aryl methyl sites for hydroxylation is 5. The molecule has 146 valence electrons. The first-order valence-electron chi connectivity index (χ1n) is 9.93. The summed E-state index contributed by atoms with van der Waals surface area (Å²) in [4.78, 5) is 8.84. The molecule has 29 heavy (non-hydrogen) atoms. The van der Waals surface area contributed by atoms with Crippen molar-refractivity contribution in [3.8, 4) is 22.5 Å². The van der Waals surface area contributed by atoms with E-state index in [2.05, 4.69) is 105 Å². The molecule has 0 unspecified atom stereocenters. The molecule has 2 nitrogen and oxygen atoms in total. The summed E-state index contributed by atoms with van der Waals surface area (Å²) in [6.07, 6.45) is 3.78. The van der Waals surface area contributed by atoms with Gasteiger partial charge in [0.05, 0.1) is 11.4 Å². The third-order valence-electron chi connectivity index (χ3n) is 4.99. The fourth-order valence-corrected chi connectivity index (χ4v) is 3.17. The zero-order chi connectivity index (χ0) is 20.8. The molecule has 0 fully saturated rings. The molecular weight excluding hydrogens is 352 g/mol. The molecule has 2 aromatic heterocycles. The molecular formula is C27H28N2. The predicted octanol–water partition coefficient (Wildman–Crippen LogP) is 7.04. The lowest BCUT2D eigenvalue weighted by molar-refractivity contribution is 1.22. The van der Waals surface area contributed by atoms with Crippen molar-refractivity contribution in [1.29, 1.82) is 0 Å². The van der Waals surface area contributed by atoms with Crippen LogP contribution in [0.3, 0.4) is 0 Å². The maximum Gasteiger partial charge on any atom is 0.0731 e. The summed E-state index contributed by atoms with van der Waals surface area (Å²) < 4.78 is 0. The Balaban J connectivity index is 0.000000166. The molecule has 0 N–H and O–H groups in total. The summed E-state index contributed by atoms with van der Waals surface area (Å²) in [5.74, 6) is 0. The summed E-state index contributed by atoms with van der Waals surface area (Å²) in [5, 5.41) is 0. The van der Waals surface area contributed by atoms with Crippen LogP contribution in [0.25, 0.3) is 22.5 Å². The third kappa shape index (κ3) is 5.39. The van der Waals surface area contributed by atoms with E-state index in [0.717, 1.165) is 11.4 Å². The zero-order valence-corrected chi connectivity index (χ0v) is 17.9. The van der Waals surface area contributed by atoms with E-state index in [1.165, 1.54) is 38.9 Å². The number of hydrogen-bond acceptors (Lipinski definition) is 2. The summed E-state index contributed by atoms with van der Waals surface area (Å²) in [5.41, 5.74) is 10.8. The van der Waals surface area contributed by atoms with Crippen molar-refractivity contribution >= 4 is 0 Å². The first kappa shape index (κ1) is 20.5. The topological polar surface area (TPSA) is 25.8 Å². The Morgan fingerprint density at radius 3 is 1.83 bits per heavy atom. The number of rotatable bonds is 2. The molecule has 4 aromatic rings. The highest BCUT2D eigenvalue weighted by Gasteiger charge is 2.02. The predicted molar refractivity (Wildman–Crippen MR) is 123 cm³/mol. The van der Waals surface area contributed by atoms with Gasteiger partial charge in [0.1, 0.15) is 0 Å². The minimum atomic E-state index is 1.06. The fourth-order valence-electron chi connectivity index (χ4n) is 3.17. The molecule has 2 heteroatoms. The van der Waals surface area contributed by atoms with Gasteiger partial charge in [-0.1, -0.05) is 53.6 Å². The van der Waals surface area contributed by atoms with Crippen molar-refractivity contribution in [3.05, 3.63) is 107 Å². The average molecular weight is 381 g/mol. The van der Waals surface area contributed by atoms with Gasteiger partial charge in [-0.05, 0) is 75.6 Å². The molecule has 0 radical (unpaired) electrons. The van der Waals surface area contributed by atoms with E-state index in [1.54, 1.807) is 0 Å². The van der Waals surface area contributed by atoms with Gasteiger partial charge in [-0.15, -0.1) is 0 Å². The third-order valence-corrected chi connectivity index (χ3v) is 4.99. The molecule has 0 amide bonds. The second-order valence-corrected chi connectivity index (χ2v) is 7.56. The minimum Gasteiger partial charge on any atom is -0.256 e. The van der Waals surface area contributed by atoms with Crippen molar-refractivity contribution in [1.82, 2.24) is 9.97 Å². The molecule has 0 saturated carbocycles. The van der Waals surface area contributed by atoms with Gasteiger partial charge in [0.25, 0.3) is 0 Å². The minimum absolute atomic E-state index is 1.06. The zero-order valence-electron chi connectivity index (χ0n) is 17.9. The standard InChI is InChI=1S/C14H15N.C13H13N/c1-10-5-4-6-13(7-10)14-8-11(2)12(3)9-15-14;1-10-5-3-7-12(9-10)13-11(2)6-4-8-14-13/h4-9H,1-3H3;3-9H,1-2H3. The number of pyridine rings is 2. The number of benzene rings is 2. The molecule has 0 aliphatic carbocycles. The van der Waals surface area contributed by atoms with Crippen molar-refractivity contribution in [3.63, 3.8) is 0 Å². The Bertz CT molecular complexity index is 1110. The molecule has 0 aliphatic heterocycles. The SMILES string of the molecule is Cc1cccc(-c2cc(C)c(C)cn2)c1.Cc1cccc(-c2ncccc2C)c1. The Morgan fingerprint density at radius 1 is 0.552 bits per heavy atom. The second-order valence-electron chi connectivity index (χ2n) is 7.56. The Labute approximate surface area is 174 Å². The Hall–Kier alpha value is -3.26. The number of nitrogens with zero attached hydrogens (tertiary/aromatic N) is 2. The van der Waals surface area contributed by atoms with E-state index in [-0.39, 0.29) is 0 Å². The number of hydrogen-bond donors (Lipinski definition) is 0. The number of aromatic nitrogens is 2. The van der Waals surface area contributed by atoms with Crippen LogP contribution >= 0.6 is 0 Å². The van der Waals surface area contributed by atoms with E-state index in [0.29, 0.717) is 0 Å². The van der Waals surface area contributed by atoms with Crippen molar-refractivity contribution in [2.75, 3.05) is 0 Å². The van der Waals surface area contributed by atoms with Gasteiger partial charge in [-0.25, -0.2) is 0 Å². The molecule has 0 atom stereocenters. The Morgan fingerprint density at radius 2 is 1.21 bits per heavy atom. The van der Waals surface area contributed by atoms with Crippen LogP contribution in [0.1, 0.15) is 27.8 Å². The van der Waals surface area contributed by atoms with Gasteiger partial charge in [0.2, 0.25) is 0 Å². The molecule has 2 aromatic carbocycles. The molecule has 0 bridgehead atoms. The van der Waals surface area contributed by atoms with Gasteiger partial charge in [0.15, 0.2) is 0 Å². The van der Waals surface area contributed by atoms with Gasteiger partial charge < -0.3 is 0 Å². The second kappa shape index (κ2) is 9.29. The molecule has 0 spiro atoms. The monoisotopic (exact) mass is 380 g/mol.